The van der Waals surface area contributed by atoms with Crippen molar-refractivity contribution in [3.8, 4) is 0 Å². The molecule has 2 heterocycles. The van der Waals surface area contributed by atoms with E-state index in [0.717, 1.165) is 5.56 Å². The Bertz CT molecular complexity index is 713. The molecule has 1 fully saturated rings. The van der Waals surface area contributed by atoms with Gasteiger partial charge in [0.2, 0.25) is 0 Å². The van der Waals surface area contributed by atoms with E-state index in [0.29, 0.717) is 25.3 Å². The van der Waals surface area contributed by atoms with Crippen LogP contribution in [0.25, 0.3) is 0 Å². The van der Waals surface area contributed by atoms with E-state index in [1.165, 1.54) is 6.07 Å². The molecule has 1 aromatic carbocycles. The lowest BCUT2D eigenvalue weighted by Gasteiger charge is -2.20. The smallest absolute Gasteiger partial charge is 0.315 e. The molecule has 0 spiro atoms. The number of pyridine rings is 1. The van der Waals surface area contributed by atoms with Crippen molar-refractivity contribution < 1.29 is 14.3 Å². The number of anilines is 1. The van der Waals surface area contributed by atoms with Gasteiger partial charge in [0.25, 0.3) is 0 Å². The first-order valence-electron chi connectivity index (χ1n) is 8.25. The zero-order valence-corrected chi connectivity index (χ0v) is 13.7. The molecular weight excluding hydrogens is 323 g/mol. The average Bonchev–Trinajstić information content (AvgIpc) is 3.09. The number of amides is 2. The fourth-order valence-corrected chi connectivity index (χ4v) is 2.99. The molecule has 132 valence electrons. The molecule has 0 radical (unpaired) electrons. The molecule has 1 aromatic heterocycles. The van der Waals surface area contributed by atoms with Gasteiger partial charge in [-0.25, -0.2) is 14.2 Å². The summed E-state index contributed by atoms with van der Waals surface area (Å²) < 4.78 is 13.8. The number of urea groups is 1. The summed E-state index contributed by atoms with van der Waals surface area (Å²) >= 11 is 0. The van der Waals surface area contributed by atoms with Gasteiger partial charge in [-0.3, -0.25) is 0 Å². The highest BCUT2D eigenvalue weighted by Gasteiger charge is 2.27. The van der Waals surface area contributed by atoms with E-state index in [-0.39, 0.29) is 24.5 Å². The summed E-state index contributed by atoms with van der Waals surface area (Å²) in [5.74, 6) is -0.0539. The molecular formula is C18H21FN4O2. The molecule has 2 amide bonds. The summed E-state index contributed by atoms with van der Waals surface area (Å²) in [5.41, 5.74) is 0.837. The molecule has 3 rings (SSSR count). The van der Waals surface area contributed by atoms with Crippen LogP contribution >= 0.6 is 0 Å². The summed E-state index contributed by atoms with van der Waals surface area (Å²) in [6.45, 7) is 0.935. The Morgan fingerprint density at radius 3 is 2.84 bits per heavy atom. The quantitative estimate of drug-likeness (QED) is 0.773. The minimum atomic E-state index is -0.466. The maximum Gasteiger partial charge on any atom is 0.315 e. The molecule has 7 heteroatoms. The molecule has 2 aromatic rings. The van der Waals surface area contributed by atoms with Crippen molar-refractivity contribution >= 4 is 11.8 Å². The SMILES string of the molecule is O=C(N[C@@H]1CCN(c2ncccc2F)C1)N[C@H](CO)c1ccccc1. The third kappa shape index (κ3) is 4.24. The number of carbonyl (C=O) groups excluding carboxylic acids is 1. The summed E-state index contributed by atoms with van der Waals surface area (Å²) in [6, 6.07) is 11.3. The molecule has 1 aliphatic heterocycles. The summed E-state index contributed by atoms with van der Waals surface area (Å²) in [6.07, 6.45) is 2.26. The number of nitrogens with zero attached hydrogens (tertiary/aromatic N) is 2. The maximum atomic E-state index is 13.8. The van der Waals surface area contributed by atoms with Crippen LogP contribution in [0.15, 0.2) is 48.7 Å². The number of aliphatic hydroxyl groups is 1. The Morgan fingerprint density at radius 2 is 2.12 bits per heavy atom. The lowest BCUT2D eigenvalue weighted by atomic mass is 10.1. The van der Waals surface area contributed by atoms with Crippen molar-refractivity contribution in [3.05, 3.63) is 60.0 Å². The number of nitrogens with one attached hydrogen (secondary N) is 2. The predicted molar refractivity (Wildman–Crippen MR) is 92.7 cm³/mol. The van der Waals surface area contributed by atoms with Crippen molar-refractivity contribution in [2.45, 2.75) is 18.5 Å². The van der Waals surface area contributed by atoms with Crippen LogP contribution in [-0.2, 0) is 0 Å². The summed E-state index contributed by atoms with van der Waals surface area (Å²) in [4.78, 5) is 18.1. The third-order valence-corrected chi connectivity index (χ3v) is 4.25. The topological polar surface area (TPSA) is 77.5 Å². The molecule has 0 aliphatic carbocycles. The van der Waals surface area contributed by atoms with Crippen LogP contribution in [0, 0.1) is 5.82 Å². The number of hydrogen-bond donors (Lipinski definition) is 3. The van der Waals surface area contributed by atoms with Crippen molar-refractivity contribution in [2.24, 2.45) is 0 Å². The van der Waals surface area contributed by atoms with Gasteiger partial charge in [-0.15, -0.1) is 0 Å². The molecule has 3 N–H and O–H groups in total. The average molecular weight is 344 g/mol. The molecule has 0 saturated carbocycles. The molecule has 1 aliphatic rings. The number of carbonyl (C=O) groups is 1. The van der Waals surface area contributed by atoms with E-state index in [4.69, 9.17) is 0 Å². The Morgan fingerprint density at radius 1 is 1.32 bits per heavy atom. The molecule has 2 atom stereocenters. The summed E-state index contributed by atoms with van der Waals surface area (Å²) in [7, 11) is 0. The van der Waals surface area contributed by atoms with Crippen LogP contribution in [0.1, 0.15) is 18.0 Å². The van der Waals surface area contributed by atoms with Crippen LogP contribution in [-0.4, -0.2) is 41.9 Å². The molecule has 1 saturated heterocycles. The van der Waals surface area contributed by atoms with E-state index < -0.39 is 6.04 Å². The highest BCUT2D eigenvalue weighted by atomic mass is 19.1. The fraction of sp³-hybridized carbons (Fsp3) is 0.333. The number of halogens is 1. The maximum absolute atomic E-state index is 13.8. The standard InChI is InChI=1S/C18H21FN4O2/c19-15-7-4-9-20-17(15)23-10-8-14(11-23)21-18(25)22-16(12-24)13-5-2-1-3-6-13/h1-7,9,14,16,24H,8,10-12H2,(H2,21,22,25)/t14-,16-/m1/s1. The second-order valence-electron chi connectivity index (χ2n) is 6.00. The van der Waals surface area contributed by atoms with Gasteiger partial charge in [0.1, 0.15) is 0 Å². The number of aliphatic hydroxyl groups excluding tert-OH is 1. The van der Waals surface area contributed by atoms with Crippen molar-refractivity contribution in [1.82, 2.24) is 15.6 Å². The molecule has 0 bridgehead atoms. The van der Waals surface area contributed by atoms with Crippen LogP contribution < -0.4 is 15.5 Å². The third-order valence-electron chi connectivity index (χ3n) is 4.25. The fourth-order valence-electron chi connectivity index (χ4n) is 2.99. The molecule has 25 heavy (non-hydrogen) atoms. The van der Waals surface area contributed by atoms with Gasteiger partial charge in [-0.1, -0.05) is 30.3 Å². The van der Waals surface area contributed by atoms with Crippen molar-refractivity contribution in [3.63, 3.8) is 0 Å². The van der Waals surface area contributed by atoms with E-state index in [2.05, 4.69) is 15.6 Å². The van der Waals surface area contributed by atoms with Crippen LogP contribution in [0.4, 0.5) is 15.0 Å². The number of aromatic nitrogens is 1. The van der Waals surface area contributed by atoms with Gasteiger partial charge < -0.3 is 20.6 Å². The highest BCUT2D eigenvalue weighted by Crippen LogP contribution is 2.20. The zero-order valence-electron chi connectivity index (χ0n) is 13.7. The Hall–Kier alpha value is -2.67. The predicted octanol–water partition coefficient (Wildman–Crippen LogP) is 1.83. The minimum Gasteiger partial charge on any atom is -0.394 e. The largest absolute Gasteiger partial charge is 0.394 e. The van der Waals surface area contributed by atoms with Gasteiger partial charge in [0.05, 0.1) is 12.6 Å². The lowest BCUT2D eigenvalue weighted by Crippen LogP contribution is -2.45. The van der Waals surface area contributed by atoms with Crippen LogP contribution in [0.3, 0.4) is 0 Å². The van der Waals surface area contributed by atoms with Crippen LogP contribution in [0.2, 0.25) is 0 Å². The first kappa shape index (κ1) is 17.2. The van der Waals surface area contributed by atoms with Crippen molar-refractivity contribution in [1.29, 1.82) is 0 Å². The second-order valence-corrected chi connectivity index (χ2v) is 6.00. The van der Waals surface area contributed by atoms with E-state index in [9.17, 15) is 14.3 Å². The lowest BCUT2D eigenvalue weighted by molar-refractivity contribution is 0.214. The van der Waals surface area contributed by atoms with E-state index in [1.807, 2.05) is 35.2 Å². The Kier molecular flexibility index (Phi) is 5.45. The van der Waals surface area contributed by atoms with E-state index in [1.54, 1.807) is 12.3 Å². The second kappa shape index (κ2) is 7.94. The van der Waals surface area contributed by atoms with Gasteiger partial charge in [-0.05, 0) is 24.1 Å². The van der Waals surface area contributed by atoms with Gasteiger partial charge in [0, 0.05) is 25.3 Å². The zero-order chi connectivity index (χ0) is 17.6. The van der Waals surface area contributed by atoms with Crippen LogP contribution in [0.5, 0.6) is 0 Å². The van der Waals surface area contributed by atoms with Crippen molar-refractivity contribution in [2.75, 3.05) is 24.6 Å². The Labute approximate surface area is 145 Å². The monoisotopic (exact) mass is 344 g/mol. The molecule has 6 nitrogen and oxygen atoms in total. The van der Waals surface area contributed by atoms with Gasteiger partial charge in [0.15, 0.2) is 11.6 Å². The minimum absolute atomic E-state index is 0.100. The first-order valence-corrected chi connectivity index (χ1v) is 8.25. The first-order chi connectivity index (χ1) is 12.2. The Balaban J connectivity index is 1.54. The highest BCUT2D eigenvalue weighted by molar-refractivity contribution is 5.75. The molecule has 0 unspecified atom stereocenters. The van der Waals surface area contributed by atoms with Gasteiger partial charge in [-0.2, -0.15) is 0 Å². The van der Waals surface area contributed by atoms with Gasteiger partial charge >= 0.3 is 6.03 Å². The number of hydrogen-bond acceptors (Lipinski definition) is 4. The summed E-state index contributed by atoms with van der Waals surface area (Å²) in [5, 5.41) is 15.2. The van der Waals surface area contributed by atoms with E-state index >= 15 is 0 Å². The normalized spacial score (nSPS) is 18.0. The number of rotatable bonds is 5. The number of benzene rings is 1.